The molecule has 2 aromatic carbocycles. The van der Waals surface area contributed by atoms with E-state index in [1.165, 1.54) is 11.1 Å². The van der Waals surface area contributed by atoms with E-state index < -0.39 is 0 Å². The summed E-state index contributed by atoms with van der Waals surface area (Å²) >= 11 is 19.0. The van der Waals surface area contributed by atoms with Crippen molar-refractivity contribution in [1.29, 1.82) is 0 Å². The Morgan fingerprint density at radius 3 is 2.30 bits per heavy atom. The van der Waals surface area contributed by atoms with Gasteiger partial charge in [0.25, 0.3) is 0 Å². The molecule has 0 amide bonds. The van der Waals surface area contributed by atoms with E-state index in [0.717, 1.165) is 24.0 Å². The van der Waals surface area contributed by atoms with Crippen LogP contribution < -0.4 is 0 Å². The number of aryl methyl sites for hydroxylation is 2. The van der Waals surface area contributed by atoms with Crippen molar-refractivity contribution in [3.63, 3.8) is 0 Å². The Labute approximate surface area is 135 Å². The van der Waals surface area contributed by atoms with Crippen molar-refractivity contribution in [2.45, 2.75) is 32.1 Å². The lowest BCUT2D eigenvalue weighted by Gasteiger charge is -2.17. The van der Waals surface area contributed by atoms with Crippen LogP contribution in [0.1, 0.15) is 41.5 Å². The molecule has 2 rings (SSSR count). The summed E-state index contributed by atoms with van der Waals surface area (Å²) in [6, 6.07) is 11.9. The standard InChI is InChI=1S/C17H17Cl3/c1-3-11-5-6-12(4-2)14(9-11)17(20)15-10-13(18)7-8-16(15)19/h5-10,17H,3-4H2,1-2H3. The van der Waals surface area contributed by atoms with E-state index in [1.807, 2.05) is 6.07 Å². The Kier molecular flexibility index (Phi) is 5.37. The van der Waals surface area contributed by atoms with Crippen molar-refractivity contribution >= 4 is 34.8 Å². The van der Waals surface area contributed by atoms with Crippen molar-refractivity contribution in [3.8, 4) is 0 Å². The van der Waals surface area contributed by atoms with Gasteiger partial charge in [0, 0.05) is 10.0 Å². The first-order valence-corrected chi connectivity index (χ1v) is 7.96. The van der Waals surface area contributed by atoms with Crippen LogP contribution >= 0.6 is 34.8 Å². The van der Waals surface area contributed by atoms with Gasteiger partial charge in [0.2, 0.25) is 0 Å². The molecule has 0 heterocycles. The van der Waals surface area contributed by atoms with Crippen molar-refractivity contribution in [3.05, 3.63) is 68.7 Å². The van der Waals surface area contributed by atoms with E-state index in [2.05, 4.69) is 32.0 Å². The molecule has 0 radical (unpaired) electrons. The first kappa shape index (κ1) is 15.7. The summed E-state index contributed by atoms with van der Waals surface area (Å²) in [5, 5.41) is 1.03. The summed E-state index contributed by atoms with van der Waals surface area (Å²) < 4.78 is 0. The third kappa shape index (κ3) is 3.31. The maximum atomic E-state index is 6.68. The summed E-state index contributed by atoms with van der Waals surface area (Å²) in [7, 11) is 0. The van der Waals surface area contributed by atoms with Crippen LogP contribution in [-0.4, -0.2) is 0 Å². The Balaban J connectivity index is 2.51. The van der Waals surface area contributed by atoms with Gasteiger partial charge < -0.3 is 0 Å². The van der Waals surface area contributed by atoms with Crippen LogP contribution in [0.4, 0.5) is 0 Å². The molecule has 3 heteroatoms. The molecule has 0 aliphatic carbocycles. The van der Waals surface area contributed by atoms with Gasteiger partial charge in [-0.05, 0) is 53.3 Å². The lowest BCUT2D eigenvalue weighted by atomic mass is 9.95. The Hall–Kier alpha value is -0.690. The Morgan fingerprint density at radius 2 is 1.65 bits per heavy atom. The van der Waals surface area contributed by atoms with E-state index >= 15 is 0 Å². The predicted octanol–water partition coefficient (Wildman–Crippen LogP) is 6.45. The first-order chi connectivity index (χ1) is 9.56. The predicted molar refractivity (Wildman–Crippen MR) is 89.4 cm³/mol. The lowest BCUT2D eigenvalue weighted by molar-refractivity contribution is 1.02. The van der Waals surface area contributed by atoms with E-state index in [9.17, 15) is 0 Å². The third-order valence-electron chi connectivity index (χ3n) is 3.50. The van der Waals surface area contributed by atoms with Gasteiger partial charge in [0.15, 0.2) is 0 Å². The molecule has 0 aromatic heterocycles. The van der Waals surface area contributed by atoms with Gasteiger partial charge >= 0.3 is 0 Å². The monoisotopic (exact) mass is 326 g/mol. The fourth-order valence-corrected chi connectivity index (χ4v) is 3.15. The van der Waals surface area contributed by atoms with Gasteiger partial charge in [-0.15, -0.1) is 11.6 Å². The smallest absolute Gasteiger partial charge is 0.0853 e. The second-order valence-electron chi connectivity index (χ2n) is 4.77. The fraction of sp³-hybridized carbons (Fsp3) is 0.294. The van der Waals surface area contributed by atoms with Gasteiger partial charge in [0.05, 0.1) is 5.38 Å². The normalized spacial score (nSPS) is 12.4. The van der Waals surface area contributed by atoms with Crippen molar-refractivity contribution in [2.75, 3.05) is 0 Å². The zero-order valence-electron chi connectivity index (χ0n) is 11.6. The van der Waals surface area contributed by atoms with Gasteiger partial charge in [0.1, 0.15) is 0 Å². The number of hydrogen-bond donors (Lipinski definition) is 0. The number of alkyl halides is 1. The van der Waals surface area contributed by atoms with Gasteiger partial charge in [-0.25, -0.2) is 0 Å². The molecule has 0 nitrogen and oxygen atoms in total. The molecule has 2 aromatic rings. The molecule has 0 bridgehead atoms. The zero-order chi connectivity index (χ0) is 14.7. The number of halogens is 3. The summed E-state index contributed by atoms with van der Waals surface area (Å²) in [5.41, 5.74) is 4.51. The largest absolute Gasteiger partial charge is 0.113 e. The molecule has 0 saturated carbocycles. The van der Waals surface area contributed by atoms with Crippen molar-refractivity contribution in [1.82, 2.24) is 0 Å². The number of benzene rings is 2. The summed E-state index contributed by atoms with van der Waals surface area (Å²) in [6.07, 6.45) is 1.94. The van der Waals surface area contributed by atoms with Crippen molar-refractivity contribution < 1.29 is 0 Å². The van der Waals surface area contributed by atoms with E-state index in [-0.39, 0.29) is 5.38 Å². The molecule has 20 heavy (non-hydrogen) atoms. The maximum Gasteiger partial charge on any atom is 0.0853 e. The second-order valence-corrected chi connectivity index (χ2v) is 6.05. The minimum atomic E-state index is -0.275. The second kappa shape index (κ2) is 6.85. The minimum absolute atomic E-state index is 0.275. The molecule has 1 atom stereocenters. The van der Waals surface area contributed by atoms with Crippen LogP contribution in [0.5, 0.6) is 0 Å². The third-order valence-corrected chi connectivity index (χ3v) is 4.55. The molecule has 0 saturated heterocycles. The first-order valence-electron chi connectivity index (χ1n) is 6.77. The molecule has 106 valence electrons. The molecule has 0 aliphatic heterocycles. The molecule has 0 fully saturated rings. The summed E-state index contributed by atoms with van der Waals surface area (Å²) in [5.74, 6) is 0. The summed E-state index contributed by atoms with van der Waals surface area (Å²) in [6.45, 7) is 4.27. The van der Waals surface area contributed by atoms with Crippen LogP contribution in [-0.2, 0) is 12.8 Å². The van der Waals surface area contributed by atoms with Crippen LogP contribution in [0.25, 0.3) is 0 Å². The summed E-state index contributed by atoms with van der Waals surface area (Å²) in [4.78, 5) is 0. The molecule has 0 aliphatic rings. The quantitative estimate of drug-likeness (QED) is 0.566. The van der Waals surface area contributed by atoms with E-state index in [4.69, 9.17) is 34.8 Å². The number of hydrogen-bond acceptors (Lipinski definition) is 0. The molecule has 1 unspecified atom stereocenters. The Morgan fingerprint density at radius 1 is 0.900 bits per heavy atom. The lowest BCUT2D eigenvalue weighted by Crippen LogP contribution is -2.01. The van der Waals surface area contributed by atoms with Gasteiger partial charge in [-0.3, -0.25) is 0 Å². The molecule has 0 spiro atoms. The molecular formula is C17H17Cl3. The van der Waals surface area contributed by atoms with Crippen LogP contribution in [0.2, 0.25) is 10.0 Å². The average molecular weight is 328 g/mol. The highest BCUT2D eigenvalue weighted by Crippen LogP contribution is 2.37. The van der Waals surface area contributed by atoms with Crippen LogP contribution in [0.15, 0.2) is 36.4 Å². The van der Waals surface area contributed by atoms with E-state index in [1.54, 1.807) is 12.1 Å². The van der Waals surface area contributed by atoms with Gasteiger partial charge in [-0.2, -0.15) is 0 Å². The number of rotatable bonds is 4. The maximum absolute atomic E-state index is 6.68. The SMILES string of the molecule is CCc1ccc(CC)c(C(Cl)c2cc(Cl)ccc2Cl)c1. The minimum Gasteiger partial charge on any atom is -0.113 e. The Bertz CT molecular complexity index is 605. The van der Waals surface area contributed by atoms with Crippen LogP contribution in [0, 0.1) is 0 Å². The highest BCUT2D eigenvalue weighted by molar-refractivity contribution is 6.35. The zero-order valence-corrected chi connectivity index (χ0v) is 13.9. The van der Waals surface area contributed by atoms with Gasteiger partial charge in [-0.1, -0.05) is 55.2 Å². The van der Waals surface area contributed by atoms with Crippen molar-refractivity contribution in [2.24, 2.45) is 0 Å². The molecular weight excluding hydrogens is 311 g/mol. The topological polar surface area (TPSA) is 0 Å². The van der Waals surface area contributed by atoms with Crippen LogP contribution in [0.3, 0.4) is 0 Å². The van der Waals surface area contributed by atoms with E-state index in [0.29, 0.717) is 10.0 Å². The fourth-order valence-electron chi connectivity index (χ4n) is 2.30. The highest BCUT2D eigenvalue weighted by Gasteiger charge is 2.18. The average Bonchev–Trinajstić information content (AvgIpc) is 2.48. The molecule has 0 N–H and O–H groups in total. The highest BCUT2D eigenvalue weighted by atomic mass is 35.5.